The molecule has 0 radical (unpaired) electrons. The predicted octanol–water partition coefficient (Wildman–Crippen LogP) is 3.74. The van der Waals surface area contributed by atoms with Crippen LogP contribution in [0.1, 0.15) is 6.92 Å². The zero-order valence-corrected chi connectivity index (χ0v) is 12.0. The summed E-state index contributed by atoms with van der Waals surface area (Å²) in [5.41, 5.74) is 0.940. The van der Waals surface area contributed by atoms with Gasteiger partial charge >= 0.3 is 0 Å². The van der Waals surface area contributed by atoms with Crippen LogP contribution in [0.5, 0.6) is 5.75 Å². The van der Waals surface area contributed by atoms with E-state index in [1.807, 2.05) is 31.2 Å². The summed E-state index contributed by atoms with van der Waals surface area (Å²) >= 11 is 1.15. The van der Waals surface area contributed by atoms with Crippen LogP contribution < -0.4 is 4.74 Å². The standard InChI is InChI=1S/C12H11ClO3S2/c1-2-16-10-5-3-9(4-6-10)11-7-8-12(17-11)18(13,14)15/h3-8H,2H2,1H3. The van der Waals surface area contributed by atoms with Crippen LogP contribution >= 0.6 is 22.0 Å². The molecular weight excluding hydrogens is 292 g/mol. The summed E-state index contributed by atoms with van der Waals surface area (Å²) in [7, 11) is 1.65. The lowest BCUT2D eigenvalue weighted by Crippen LogP contribution is -1.90. The van der Waals surface area contributed by atoms with Crippen LogP contribution in [0.25, 0.3) is 10.4 Å². The first-order valence-corrected chi connectivity index (χ1v) is 8.41. The normalized spacial score (nSPS) is 11.4. The van der Waals surface area contributed by atoms with Crippen LogP contribution in [-0.4, -0.2) is 15.0 Å². The van der Waals surface area contributed by atoms with Crippen molar-refractivity contribution in [3.8, 4) is 16.2 Å². The van der Waals surface area contributed by atoms with Crippen molar-refractivity contribution in [3.63, 3.8) is 0 Å². The molecule has 1 heterocycles. The highest BCUT2D eigenvalue weighted by Crippen LogP contribution is 2.33. The minimum absolute atomic E-state index is 0.160. The number of hydrogen-bond donors (Lipinski definition) is 0. The molecule has 2 rings (SSSR count). The number of halogens is 1. The van der Waals surface area contributed by atoms with E-state index in [9.17, 15) is 8.42 Å². The second-order valence-electron chi connectivity index (χ2n) is 3.51. The SMILES string of the molecule is CCOc1ccc(-c2ccc(S(=O)(=O)Cl)s2)cc1. The summed E-state index contributed by atoms with van der Waals surface area (Å²) in [5.74, 6) is 0.794. The van der Waals surface area contributed by atoms with Gasteiger partial charge in [0.2, 0.25) is 0 Å². The first kappa shape index (κ1) is 13.4. The van der Waals surface area contributed by atoms with Crippen molar-refractivity contribution in [3.05, 3.63) is 36.4 Å². The molecule has 18 heavy (non-hydrogen) atoms. The summed E-state index contributed by atoms with van der Waals surface area (Å²) in [4.78, 5) is 0.859. The van der Waals surface area contributed by atoms with Crippen molar-refractivity contribution in [1.29, 1.82) is 0 Å². The lowest BCUT2D eigenvalue weighted by atomic mass is 10.2. The highest BCUT2D eigenvalue weighted by molar-refractivity contribution is 8.15. The molecule has 0 saturated heterocycles. The summed E-state index contributed by atoms with van der Waals surface area (Å²) in [6.45, 7) is 2.54. The van der Waals surface area contributed by atoms with E-state index in [1.165, 1.54) is 6.07 Å². The van der Waals surface area contributed by atoms with E-state index in [0.29, 0.717) is 6.61 Å². The fraction of sp³-hybridized carbons (Fsp3) is 0.167. The summed E-state index contributed by atoms with van der Waals surface area (Å²) in [5, 5.41) is 0. The van der Waals surface area contributed by atoms with Gasteiger partial charge in [0.05, 0.1) is 6.61 Å². The number of thiophene rings is 1. The molecule has 2 aromatic rings. The minimum atomic E-state index is -3.64. The van der Waals surface area contributed by atoms with E-state index >= 15 is 0 Å². The van der Waals surface area contributed by atoms with E-state index in [1.54, 1.807) is 6.07 Å². The molecule has 0 spiro atoms. The molecule has 0 fully saturated rings. The third kappa shape index (κ3) is 3.04. The highest BCUT2D eigenvalue weighted by Gasteiger charge is 2.13. The lowest BCUT2D eigenvalue weighted by Gasteiger charge is -2.03. The summed E-state index contributed by atoms with van der Waals surface area (Å²) in [6, 6.07) is 10.7. The van der Waals surface area contributed by atoms with Gasteiger partial charge in [-0.15, -0.1) is 11.3 Å². The van der Waals surface area contributed by atoms with Crippen molar-refractivity contribution in [2.75, 3.05) is 6.61 Å². The Kier molecular flexibility index (Phi) is 3.94. The molecule has 3 nitrogen and oxygen atoms in total. The maximum absolute atomic E-state index is 11.2. The molecule has 1 aromatic carbocycles. The average molecular weight is 303 g/mol. The van der Waals surface area contributed by atoms with Gasteiger partial charge in [-0.3, -0.25) is 0 Å². The van der Waals surface area contributed by atoms with Gasteiger partial charge in [-0.25, -0.2) is 8.42 Å². The Morgan fingerprint density at radius 1 is 1.17 bits per heavy atom. The quantitative estimate of drug-likeness (QED) is 0.808. The molecule has 0 N–H and O–H groups in total. The molecule has 0 aliphatic carbocycles. The summed E-state index contributed by atoms with van der Waals surface area (Å²) in [6.07, 6.45) is 0. The van der Waals surface area contributed by atoms with Gasteiger partial charge in [-0.2, -0.15) is 0 Å². The number of benzene rings is 1. The molecule has 1 aromatic heterocycles. The van der Waals surface area contributed by atoms with E-state index in [-0.39, 0.29) is 4.21 Å². The highest BCUT2D eigenvalue weighted by atomic mass is 35.7. The van der Waals surface area contributed by atoms with Crippen LogP contribution in [-0.2, 0) is 9.05 Å². The zero-order chi connectivity index (χ0) is 13.2. The van der Waals surface area contributed by atoms with Crippen molar-refractivity contribution < 1.29 is 13.2 Å². The van der Waals surface area contributed by atoms with Gasteiger partial charge in [0.1, 0.15) is 9.96 Å². The maximum Gasteiger partial charge on any atom is 0.270 e. The van der Waals surface area contributed by atoms with Gasteiger partial charge < -0.3 is 4.74 Å². The molecule has 0 bridgehead atoms. The molecule has 0 amide bonds. The second-order valence-corrected chi connectivity index (χ2v) is 7.39. The Labute approximate surface area is 114 Å². The molecule has 0 aliphatic heterocycles. The second kappa shape index (κ2) is 5.30. The zero-order valence-electron chi connectivity index (χ0n) is 9.59. The van der Waals surface area contributed by atoms with Gasteiger partial charge in [-0.05, 0) is 48.9 Å². The van der Waals surface area contributed by atoms with E-state index < -0.39 is 9.05 Å². The Morgan fingerprint density at radius 3 is 2.33 bits per heavy atom. The third-order valence-corrected chi connectivity index (χ3v) is 5.50. The number of ether oxygens (including phenoxy) is 1. The van der Waals surface area contributed by atoms with Crippen molar-refractivity contribution >= 4 is 31.1 Å². The molecule has 96 valence electrons. The topological polar surface area (TPSA) is 43.4 Å². The van der Waals surface area contributed by atoms with Crippen molar-refractivity contribution in [2.45, 2.75) is 11.1 Å². The van der Waals surface area contributed by atoms with Crippen LogP contribution in [0.15, 0.2) is 40.6 Å². The van der Waals surface area contributed by atoms with E-state index in [2.05, 4.69) is 0 Å². The Bertz CT molecular complexity index is 630. The molecule has 0 unspecified atom stereocenters. The summed E-state index contributed by atoms with van der Waals surface area (Å²) < 4.78 is 27.8. The number of rotatable bonds is 4. The maximum atomic E-state index is 11.2. The van der Waals surface area contributed by atoms with Gasteiger partial charge in [0, 0.05) is 15.6 Å². The minimum Gasteiger partial charge on any atom is -0.494 e. The molecule has 0 saturated carbocycles. The fourth-order valence-corrected chi connectivity index (χ4v) is 3.57. The Balaban J connectivity index is 2.29. The van der Waals surface area contributed by atoms with E-state index in [4.69, 9.17) is 15.4 Å². The van der Waals surface area contributed by atoms with Crippen molar-refractivity contribution in [1.82, 2.24) is 0 Å². The molecule has 0 atom stereocenters. The molecule has 6 heteroatoms. The van der Waals surface area contributed by atoms with Crippen LogP contribution in [0.2, 0.25) is 0 Å². The number of hydrogen-bond acceptors (Lipinski definition) is 4. The van der Waals surface area contributed by atoms with Crippen LogP contribution in [0.3, 0.4) is 0 Å². The Morgan fingerprint density at radius 2 is 1.83 bits per heavy atom. The third-order valence-electron chi connectivity index (χ3n) is 2.27. The van der Waals surface area contributed by atoms with E-state index in [0.717, 1.165) is 27.5 Å². The van der Waals surface area contributed by atoms with Gasteiger partial charge in [0.15, 0.2) is 0 Å². The van der Waals surface area contributed by atoms with Crippen LogP contribution in [0.4, 0.5) is 0 Å². The fourth-order valence-electron chi connectivity index (χ4n) is 1.49. The van der Waals surface area contributed by atoms with Gasteiger partial charge in [0.25, 0.3) is 9.05 Å². The lowest BCUT2D eigenvalue weighted by molar-refractivity contribution is 0.340. The first-order valence-electron chi connectivity index (χ1n) is 5.28. The van der Waals surface area contributed by atoms with Crippen LogP contribution in [0, 0.1) is 0 Å². The monoisotopic (exact) mass is 302 g/mol. The largest absolute Gasteiger partial charge is 0.494 e. The van der Waals surface area contributed by atoms with Crippen molar-refractivity contribution in [2.24, 2.45) is 0 Å². The Hall–Kier alpha value is -1.04. The smallest absolute Gasteiger partial charge is 0.270 e. The molecular formula is C12H11ClO3S2. The van der Waals surface area contributed by atoms with Gasteiger partial charge in [-0.1, -0.05) is 0 Å². The average Bonchev–Trinajstić information content (AvgIpc) is 2.79. The molecule has 0 aliphatic rings. The predicted molar refractivity (Wildman–Crippen MR) is 74.0 cm³/mol. The first-order chi connectivity index (χ1) is 8.50.